The maximum Gasteiger partial charge on any atom is 0.305 e. The molecule has 0 amide bonds. The summed E-state index contributed by atoms with van der Waals surface area (Å²) in [7, 11) is 0. The molecule has 82 valence electrons. The fourth-order valence-electron chi connectivity index (χ4n) is 0.978. The van der Waals surface area contributed by atoms with Crippen molar-refractivity contribution in [3.8, 4) is 11.6 Å². The van der Waals surface area contributed by atoms with Crippen molar-refractivity contribution in [1.29, 1.82) is 0 Å². The number of aromatic nitrogens is 4. The van der Waals surface area contributed by atoms with Crippen molar-refractivity contribution in [2.75, 3.05) is 0 Å². The van der Waals surface area contributed by atoms with Gasteiger partial charge in [0.25, 0.3) is 11.1 Å². The van der Waals surface area contributed by atoms with E-state index in [-0.39, 0.29) is 11.6 Å². The molecule has 0 saturated heterocycles. The van der Waals surface area contributed by atoms with E-state index in [2.05, 4.69) is 20.4 Å². The number of nitrogens with zero attached hydrogens (tertiary/aromatic N) is 1. The van der Waals surface area contributed by atoms with Gasteiger partial charge in [0.05, 0.1) is 6.07 Å². The summed E-state index contributed by atoms with van der Waals surface area (Å²) in [6, 6.07) is 3.44. The summed E-state index contributed by atoms with van der Waals surface area (Å²) in [5.41, 5.74) is -1.52. The van der Waals surface area contributed by atoms with Crippen molar-refractivity contribution < 1.29 is 4.74 Å². The first-order valence-electron chi connectivity index (χ1n) is 4.21. The Balaban J connectivity index is 2.37. The van der Waals surface area contributed by atoms with Gasteiger partial charge >= 0.3 is 5.56 Å². The molecule has 8 heteroatoms. The maximum absolute atomic E-state index is 11.2. The Bertz CT molecular complexity index is 648. The third-order valence-corrected chi connectivity index (χ3v) is 1.65. The van der Waals surface area contributed by atoms with Crippen molar-refractivity contribution in [3.05, 3.63) is 49.3 Å². The quantitative estimate of drug-likeness (QED) is 0.598. The van der Waals surface area contributed by atoms with Gasteiger partial charge in [-0.05, 0) is 0 Å². The fourth-order valence-corrected chi connectivity index (χ4v) is 0.978. The van der Waals surface area contributed by atoms with Gasteiger partial charge in [-0.3, -0.25) is 24.6 Å². The van der Waals surface area contributed by atoms with Crippen molar-refractivity contribution in [2.45, 2.75) is 0 Å². The average molecular weight is 222 g/mol. The van der Waals surface area contributed by atoms with Crippen LogP contribution in [0.2, 0.25) is 0 Å². The molecule has 2 rings (SSSR count). The van der Waals surface area contributed by atoms with Crippen LogP contribution in [0.25, 0.3) is 0 Å². The molecule has 0 fully saturated rings. The second-order valence-electron chi connectivity index (χ2n) is 2.81. The molecule has 0 radical (unpaired) electrons. The summed E-state index contributed by atoms with van der Waals surface area (Å²) in [6.07, 6.45) is 0. The number of ether oxygens (including phenoxy) is 1. The van der Waals surface area contributed by atoms with Gasteiger partial charge in [-0.15, -0.1) is 5.10 Å². The highest BCUT2D eigenvalue weighted by molar-refractivity contribution is 5.20. The first-order chi connectivity index (χ1) is 7.65. The molecule has 0 atom stereocenters. The van der Waals surface area contributed by atoms with E-state index in [1.807, 2.05) is 0 Å². The summed E-state index contributed by atoms with van der Waals surface area (Å²) >= 11 is 0. The lowest BCUT2D eigenvalue weighted by Gasteiger charge is -2.00. The SMILES string of the molecule is O=c1ccc(Oc2cc(=O)[nH][nH]c2=O)n[nH]1. The van der Waals surface area contributed by atoms with Gasteiger partial charge in [-0.2, -0.15) is 0 Å². The highest BCUT2D eigenvalue weighted by Crippen LogP contribution is 2.09. The van der Waals surface area contributed by atoms with E-state index in [4.69, 9.17) is 4.74 Å². The third kappa shape index (κ3) is 2.05. The van der Waals surface area contributed by atoms with Gasteiger partial charge in [-0.1, -0.05) is 0 Å². The molecule has 0 saturated carbocycles. The summed E-state index contributed by atoms with van der Waals surface area (Å²) < 4.78 is 5.00. The summed E-state index contributed by atoms with van der Waals surface area (Å²) in [6.45, 7) is 0. The normalized spacial score (nSPS) is 10.0. The van der Waals surface area contributed by atoms with Crippen molar-refractivity contribution in [1.82, 2.24) is 20.4 Å². The molecule has 0 aliphatic carbocycles. The van der Waals surface area contributed by atoms with Crippen LogP contribution in [0, 0.1) is 0 Å². The maximum atomic E-state index is 11.2. The van der Waals surface area contributed by atoms with Gasteiger partial charge in [0.15, 0.2) is 0 Å². The standard InChI is InChI=1S/C8H6N4O4/c13-5-1-2-7(11-9-5)16-4-3-6(14)10-12-8(4)15/h1-3H,(H,9,13)(H,10,14)(H,12,15). The van der Waals surface area contributed by atoms with E-state index >= 15 is 0 Å². The number of nitrogens with one attached hydrogen (secondary N) is 3. The zero-order valence-electron chi connectivity index (χ0n) is 7.81. The van der Waals surface area contributed by atoms with Gasteiger partial charge < -0.3 is 4.74 Å². The lowest BCUT2D eigenvalue weighted by Crippen LogP contribution is -2.19. The monoisotopic (exact) mass is 222 g/mol. The van der Waals surface area contributed by atoms with Crippen molar-refractivity contribution in [3.63, 3.8) is 0 Å². The van der Waals surface area contributed by atoms with Crippen LogP contribution in [0.15, 0.2) is 32.6 Å². The van der Waals surface area contributed by atoms with Gasteiger partial charge in [0, 0.05) is 12.1 Å². The predicted octanol–water partition coefficient (Wildman–Crippen LogP) is -1.06. The lowest BCUT2D eigenvalue weighted by molar-refractivity contribution is 0.444. The van der Waals surface area contributed by atoms with Crippen LogP contribution in [0.3, 0.4) is 0 Å². The minimum absolute atomic E-state index is 0.00991. The Morgan fingerprint density at radius 1 is 1.06 bits per heavy atom. The molecular weight excluding hydrogens is 216 g/mol. The number of rotatable bonds is 2. The van der Waals surface area contributed by atoms with Crippen LogP contribution in [-0.2, 0) is 0 Å². The fraction of sp³-hybridized carbons (Fsp3) is 0. The molecule has 16 heavy (non-hydrogen) atoms. The Morgan fingerprint density at radius 3 is 2.56 bits per heavy atom. The van der Waals surface area contributed by atoms with Crippen molar-refractivity contribution >= 4 is 0 Å². The summed E-state index contributed by atoms with van der Waals surface area (Å²) in [5, 5.41) is 9.81. The largest absolute Gasteiger partial charge is 0.432 e. The third-order valence-electron chi connectivity index (χ3n) is 1.65. The van der Waals surface area contributed by atoms with Crippen LogP contribution < -0.4 is 21.4 Å². The number of hydrogen-bond donors (Lipinski definition) is 3. The zero-order valence-corrected chi connectivity index (χ0v) is 7.81. The Labute approximate surface area is 86.9 Å². The van der Waals surface area contributed by atoms with Gasteiger partial charge in [0.2, 0.25) is 11.6 Å². The molecule has 0 bridgehead atoms. The molecule has 0 aliphatic rings. The Kier molecular flexibility index (Phi) is 2.38. The average Bonchev–Trinajstić information content (AvgIpc) is 2.27. The van der Waals surface area contributed by atoms with Crippen LogP contribution in [0.4, 0.5) is 0 Å². The smallest absolute Gasteiger partial charge is 0.305 e. The van der Waals surface area contributed by atoms with E-state index in [0.29, 0.717) is 0 Å². The van der Waals surface area contributed by atoms with E-state index in [9.17, 15) is 14.4 Å². The van der Waals surface area contributed by atoms with E-state index < -0.39 is 16.7 Å². The number of H-pyrrole nitrogens is 3. The first-order valence-corrected chi connectivity index (χ1v) is 4.21. The minimum atomic E-state index is -0.604. The lowest BCUT2D eigenvalue weighted by atomic mass is 10.5. The Morgan fingerprint density at radius 2 is 1.88 bits per heavy atom. The second-order valence-corrected chi connectivity index (χ2v) is 2.81. The summed E-state index contributed by atoms with van der Waals surface area (Å²) in [4.78, 5) is 32.8. The molecule has 0 unspecified atom stereocenters. The van der Waals surface area contributed by atoms with Crippen molar-refractivity contribution in [2.24, 2.45) is 0 Å². The first kappa shape index (κ1) is 9.90. The van der Waals surface area contributed by atoms with Crippen LogP contribution >= 0.6 is 0 Å². The highest BCUT2D eigenvalue weighted by Gasteiger charge is 2.04. The highest BCUT2D eigenvalue weighted by atomic mass is 16.5. The van der Waals surface area contributed by atoms with Gasteiger partial charge in [0.1, 0.15) is 0 Å². The zero-order chi connectivity index (χ0) is 11.5. The van der Waals surface area contributed by atoms with Crippen LogP contribution in [-0.4, -0.2) is 20.4 Å². The molecule has 0 aliphatic heterocycles. The van der Waals surface area contributed by atoms with E-state index in [0.717, 1.165) is 6.07 Å². The topological polar surface area (TPSA) is 121 Å². The predicted molar refractivity (Wildman–Crippen MR) is 52.6 cm³/mol. The van der Waals surface area contributed by atoms with Crippen LogP contribution in [0.1, 0.15) is 0 Å². The van der Waals surface area contributed by atoms with E-state index in [1.54, 1.807) is 0 Å². The summed E-state index contributed by atoms with van der Waals surface area (Å²) in [5.74, 6) is -0.195. The van der Waals surface area contributed by atoms with Crippen LogP contribution in [0.5, 0.6) is 11.6 Å². The number of hydrogen-bond acceptors (Lipinski definition) is 5. The molecule has 2 heterocycles. The molecule has 3 N–H and O–H groups in total. The molecule has 2 aromatic rings. The molecule has 0 aromatic carbocycles. The minimum Gasteiger partial charge on any atom is -0.432 e. The number of aromatic amines is 3. The van der Waals surface area contributed by atoms with E-state index in [1.165, 1.54) is 12.1 Å². The molecular formula is C8H6N4O4. The molecule has 2 aromatic heterocycles. The Hall–Kier alpha value is -2.64. The molecule has 8 nitrogen and oxygen atoms in total. The molecule has 0 spiro atoms. The van der Waals surface area contributed by atoms with Gasteiger partial charge in [-0.25, -0.2) is 5.10 Å². The second kappa shape index (κ2) is 3.85.